The average molecular weight is 346 g/mol. The number of carbonyl (C=O) groups is 3. The molecule has 0 aliphatic rings. The molecule has 25 heavy (non-hydrogen) atoms. The molecule has 0 unspecified atom stereocenters. The van der Waals surface area contributed by atoms with Gasteiger partial charge >= 0.3 is 12.0 Å². The van der Waals surface area contributed by atoms with Gasteiger partial charge < -0.3 is 14.5 Å². The number of nitrogens with one attached hydrogen (secondary N) is 2. The maximum absolute atomic E-state index is 12.7. The number of esters is 1. The second kappa shape index (κ2) is 9.02. The smallest absolute Gasteiger partial charge is 0.331 e. The van der Waals surface area contributed by atoms with Gasteiger partial charge in [-0.15, -0.1) is 0 Å². The third-order valence-electron chi connectivity index (χ3n) is 2.88. The molecule has 0 aliphatic carbocycles. The number of furan rings is 1. The number of imide groups is 1. The van der Waals surface area contributed by atoms with Crippen molar-refractivity contribution < 1.29 is 27.9 Å². The Balaban J connectivity index is 1.67. The Bertz CT molecular complexity index is 754. The van der Waals surface area contributed by atoms with Gasteiger partial charge in [-0.05, 0) is 35.9 Å². The van der Waals surface area contributed by atoms with Crippen molar-refractivity contribution in [1.82, 2.24) is 10.6 Å². The van der Waals surface area contributed by atoms with E-state index in [0.717, 1.165) is 6.08 Å². The van der Waals surface area contributed by atoms with Gasteiger partial charge in [-0.3, -0.25) is 10.1 Å². The minimum absolute atomic E-state index is 0.117. The van der Waals surface area contributed by atoms with E-state index in [9.17, 15) is 18.8 Å². The topological polar surface area (TPSA) is 97.6 Å². The average Bonchev–Trinajstić information content (AvgIpc) is 3.11. The van der Waals surface area contributed by atoms with Crippen LogP contribution in [0.5, 0.6) is 0 Å². The third kappa shape index (κ3) is 6.69. The monoisotopic (exact) mass is 346 g/mol. The van der Waals surface area contributed by atoms with Crippen LogP contribution in [-0.4, -0.2) is 24.5 Å². The van der Waals surface area contributed by atoms with Crippen molar-refractivity contribution in [2.75, 3.05) is 6.61 Å². The predicted octanol–water partition coefficient (Wildman–Crippen LogP) is 2.00. The highest BCUT2D eigenvalue weighted by molar-refractivity contribution is 5.96. The van der Waals surface area contributed by atoms with Crippen molar-refractivity contribution in [1.29, 1.82) is 0 Å². The summed E-state index contributed by atoms with van der Waals surface area (Å²) in [6.07, 6.45) is 3.96. The summed E-state index contributed by atoms with van der Waals surface area (Å²) in [7, 11) is 0. The van der Waals surface area contributed by atoms with E-state index in [2.05, 4.69) is 5.32 Å². The molecule has 0 saturated heterocycles. The van der Waals surface area contributed by atoms with Crippen LogP contribution in [0.2, 0.25) is 0 Å². The molecule has 0 bridgehead atoms. The Morgan fingerprint density at radius 3 is 2.60 bits per heavy atom. The minimum Gasteiger partial charge on any atom is -0.467 e. The lowest BCUT2D eigenvalue weighted by atomic mass is 10.2. The first-order valence-electron chi connectivity index (χ1n) is 7.23. The lowest BCUT2D eigenvalue weighted by molar-refractivity contribution is -0.143. The van der Waals surface area contributed by atoms with Crippen molar-refractivity contribution in [3.05, 3.63) is 65.9 Å². The Labute approximate surface area is 142 Å². The lowest BCUT2D eigenvalue weighted by Crippen LogP contribution is -2.41. The lowest BCUT2D eigenvalue weighted by Gasteiger charge is -2.05. The summed E-state index contributed by atoms with van der Waals surface area (Å²) in [5.41, 5.74) is 0.597. The molecule has 0 atom stereocenters. The summed E-state index contributed by atoms with van der Waals surface area (Å²) in [6, 6.07) is 8.06. The van der Waals surface area contributed by atoms with Crippen LogP contribution in [0.3, 0.4) is 0 Å². The number of benzene rings is 1. The fourth-order valence-corrected chi connectivity index (χ4v) is 1.71. The van der Waals surface area contributed by atoms with E-state index in [-0.39, 0.29) is 12.4 Å². The van der Waals surface area contributed by atoms with Gasteiger partial charge in [0.1, 0.15) is 11.6 Å². The molecule has 1 heterocycles. The summed E-state index contributed by atoms with van der Waals surface area (Å²) in [5.74, 6) is -1.40. The highest BCUT2D eigenvalue weighted by Crippen LogP contribution is 2.04. The van der Waals surface area contributed by atoms with Crippen molar-refractivity contribution in [2.45, 2.75) is 6.54 Å². The molecule has 2 N–H and O–H groups in total. The molecule has 130 valence electrons. The second-order valence-corrected chi connectivity index (χ2v) is 4.80. The van der Waals surface area contributed by atoms with Crippen LogP contribution in [0.1, 0.15) is 11.3 Å². The first-order chi connectivity index (χ1) is 12.0. The van der Waals surface area contributed by atoms with Crippen molar-refractivity contribution in [2.24, 2.45) is 0 Å². The van der Waals surface area contributed by atoms with E-state index < -0.39 is 24.5 Å². The number of hydrogen-bond acceptors (Lipinski definition) is 5. The molecule has 3 amide bonds. The van der Waals surface area contributed by atoms with Crippen LogP contribution in [0.4, 0.5) is 9.18 Å². The van der Waals surface area contributed by atoms with E-state index in [0.29, 0.717) is 11.3 Å². The quantitative estimate of drug-likeness (QED) is 0.616. The van der Waals surface area contributed by atoms with Gasteiger partial charge in [0.25, 0.3) is 5.91 Å². The molecule has 0 spiro atoms. The van der Waals surface area contributed by atoms with Gasteiger partial charge in [0.2, 0.25) is 0 Å². The highest BCUT2D eigenvalue weighted by Gasteiger charge is 2.09. The zero-order valence-electron chi connectivity index (χ0n) is 13.0. The normalized spacial score (nSPS) is 10.4. The predicted molar refractivity (Wildman–Crippen MR) is 85.5 cm³/mol. The summed E-state index contributed by atoms with van der Waals surface area (Å²) >= 11 is 0. The van der Waals surface area contributed by atoms with Gasteiger partial charge in [-0.2, -0.15) is 0 Å². The largest absolute Gasteiger partial charge is 0.467 e. The van der Waals surface area contributed by atoms with Gasteiger partial charge in [0.15, 0.2) is 6.61 Å². The molecule has 2 aromatic rings. The third-order valence-corrected chi connectivity index (χ3v) is 2.88. The Morgan fingerprint density at radius 1 is 1.16 bits per heavy atom. The summed E-state index contributed by atoms with van der Waals surface area (Å²) in [6.45, 7) is -0.493. The fraction of sp³-hybridized carbons (Fsp3) is 0.118. The highest BCUT2D eigenvalue weighted by atomic mass is 19.1. The molecule has 0 radical (unpaired) electrons. The number of ether oxygens (including phenoxy) is 1. The summed E-state index contributed by atoms with van der Waals surface area (Å²) in [5, 5.41) is 4.41. The maximum Gasteiger partial charge on any atom is 0.331 e. The maximum atomic E-state index is 12.7. The van der Waals surface area contributed by atoms with Crippen LogP contribution in [-0.2, 0) is 20.9 Å². The van der Waals surface area contributed by atoms with Crippen molar-refractivity contribution >= 4 is 24.0 Å². The number of carbonyl (C=O) groups excluding carboxylic acids is 3. The SMILES string of the molecule is O=C(COC(=O)/C=C/c1ccc(F)cc1)NC(=O)NCc1ccco1. The van der Waals surface area contributed by atoms with E-state index >= 15 is 0 Å². The van der Waals surface area contributed by atoms with Gasteiger partial charge in [-0.1, -0.05) is 12.1 Å². The second-order valence-electron chi connectivity index (χ2n) is 4.80. The van der Waals surface area contributed by atoms with Crippen molar-refractivity contribution in [3.63, 3.8) is 0 Å². The van der Waals surface area contributed by atoms with Crippen LogP contribution in [0, 0.1) is 5.82 Å². The van der Waals surface area contributed by atoms with E-state index in [1.807, 2.05) is 5.32 Å². The van der Waals surface area contributed by atoms with Crippen LogP contribution in [0.15, 0.2) is 53.2 Å². The summed E-state index contributed by atoms with van der Waals surface area (Å²) in [4.78, 5) is 34.4. The molecular formula is C17H15FN2O5. The first-order valence-corrected chi connectivity index (χ1v) is 7.23. The fourth-order valence-electron chi connectivity index (χ4n) is 1.71. The Morgan fingerprint density at radius 2 is 1.92 bits per heavy atom. The molecule has 8 heteroatoms. The zero-order valence-corrected chi connectivity index (χ0v) is 13.0. The molecule has 0 saturated carbocycles. The molecule has 0 aliphatic heterocycles. The van der Waals surface area contributed by atoms with Crippen molar-refractivity contribution in [3.8, 4) is 0 Å². The van der Waals surface area contributed by atoms with Crippen LogP contribution < -0.4 is 10.6 Å². The molecule has 0 fully saturated rings. The van der Waals surface area contributed by atoms with Gasteiger partial charge in [-0.25, -0.2) is 14.0 Å². The van der Waals surface area contributed by atoms with Gasteiger partial charge in [0.05, 0.1) is 12.8 Å². The summed E-state index contributed by atoms with van der Waals surface area (Å²) < 4.78 is 22.4. The number of urea groups is 1. The van der Waals surface area contributed by atoms with Gasteiger partial charge in [0, 0.05) is 6.08 Å². The van der Waals surface area contributed by atoms with E-state index in [1.54, 1.807) is 12.1 Å². The molecule has 7 nitrogen and oxygen atoms in total. The molecule has 1 aromatic carbocycles. The standard InChI is InChI=1S/C17H15FN2O5/c18-13-6-3-12(4-7-13)5-8-16(22)25-11-15(21)20-17(23)19-10-14-2-1-9-24-14/h1-9H,10-11H2,(H2,19,20,21,23)/b8-5+. The Kier molecular flexibility index (Phi) is 6.47. The van der Waals surface area contributed by atoms with E-state index in [4.69, 9.17) is 9.15 Å². The van der Waals surface area contributed by atoms with Crippen LogP contribution in [0.25, 0.3) is 6.08 Å². The zero-order chi connectivity index (χ0) is 18.1. The Hall–Kier alpha value is -3.42. The number of hydrogen-bond donors (Lipinski definition) is 2. The molecule has 1 aromatic heterocycles. The van der Waals surface area contributed by atoms with Crippen LogP contribution >= 0.6 is 0 Å². The molecule has 2 rings (SSSR count). The number of halogens is 1. The minimum atomic E-state index is -0.777. The van der Waals surface area contributed by atoms with E-state index in [1.165, 1.54) is 36.6 Å². The number of rotatable bonds is 6. The first kappa shape index (κ1) is 17.9. The molecular weight excluding hydrogens is 331 g/mol. The number of amides is 3.